The van der Waals surface area contributed by atoms with E-state index in [0.29, 0.717) is 17.6 Å². The number of hydrogen-bond acceptors (Lipinski definition) is 1. The number of aromatic nitrogens is 1. The molecule has 6 aromatic rings. The molecule has 0 spiro atoms. The molecule has 0 aliphatic carbocycles. The number of halogens is 5. The topological polar surface area (TPSA) is 44.9 Å². The van der Waals surface area contributed by atoms with Gasteiger partial charge in [-0.25, -0.2) is 0 Å². The number of H-pyrrole nitrogens is 1. The van der Waals surface area contributed by atoms with Crippen molar-refractivity contribution in [2.75, 3.05) is 5.32 Å². The van der Waals surface area contributed by atoms with E-state index in [9.17, 15) is 4.79 Å². The van der Waals surface area contributed by atoms with Gasteiger partial charge in [0.1, 0.15) is 0 Å². The molecule has 0 bridgehead atoms. The van der Waals surface area contributed by atoms with E-state index in [4.69, 9.17) is 23.2 Å². The van der Waals surface area contributed by atoms with Crippen LogP contribution in [0.3, 0.4) is 0 Å². The van der Waals surface area contributed by atoms with E-state index in [1.165, 1.54) is 27.0 Å². The SMILES string of the molecule is C.CCCC(=O)Nc1cc(Cl)c(Br)cc1CP(Br)(c1ccccc1)(c1ccccc1)c1ccccc1.CCCc1cc2cc(Br)c(Cl)cc2[nH]1. The van der Waals surface area contributed by atoms with Crippen molar-refractivity contribution in [2.45, 2.75) is 53.1 Å². The quantitative estimate of drug-likeness (QED) is 0.132. The molecule has 262 valence electrons. The molecular formula is C41H42Br3Cl2N2OP. The molecule has 3 nitrogen and oxygen atoms in total. The molecule has 0 saturated heterocycles. The maximum atomic E-state index is 12.6. The number of hydrogen-bond donors (Lipinski definition) is 2. The third-order valence-corrected chi connectivity index (χ3v) is 20.4. The van der Waals surface area contributed by atoms with Crippen LogP contribution >= 0.6 is 75.9 Å². The average molecular weight is 920 g/mol. The van der Waals surface area contributed by atoms with Crippen molar-refractivity contribution in [3.63, 3.8) is 0 Å². The van der Waals surface area contributed by atoms with E-state index >= 15 is 0 Å². The summed E-state index contributed by atoms with van der Waals surface area (Å²) in [6.07, 6.45) is 4.13. The van der Waals surface area contributed by atoms with Crippen molar-refractivity contribution < 1.29 is 4.79 Å². The Labute approximate surface area is 331 Å². The fourth-order valence-electron chi connectivity index (χ4n) is 6.12. The largest absolute Gasteiger partial charge is 0.358 e. The Bertz CT molecular complexity index is 1900. The van der Waals surface area contributed by atoms with Gasteiger partial charge in [0.2, 0.25) is 0 Å². The van der Waals surface area contributed by atoms with Gasteiger partial charge in [-0.3, -0.25) is 0 Å². The Morgan fingerprint density at radius 1 is 0.720 bits per heavy atom. The Hall–Kier alpha value is -2.44. The van der Waals surface area contributed by atoms with E-state index < -0.39 is 5.31 Å². The summed E-state index contributed by atoms with van der Waals surface area (Å²) < 4.78 is 1.75. The number of amides is 1. The average Bonchev–Trinajstić information content (AvgIpc) is 3.49. The molecule has 0 aliphatic rings. The molecular weight excluding hydrogens is 878 g/mol. The predicted octanol–water partition coefficient (Wildman–Crippen LogP) is 13.4. The number of rotatable bonds is 10. The Kier molecular flexibility index (Phi) is 14.4. The molecule has 0 fully saturated rings. The Balaban J connectivity index is 0.000000313. The zero-order valence-electron chi connectivity index (χ0n) is 27.3. The maximum absolute atomic E-state index is 12.6. The van der Waals surface area contributed by atoms with Crippen LogP contribution in [-0.2, 0) is 17.4 Å². The molecule has 0 aliphatic heterocycles. The fraction of sp³-hybridized carbons (Fsp3) is 0.195. The number of aromatic amines is 1. The van der Waals surface area contributed by atoms with Crippen LogP contribution in [0.25, 0.3) is 10.9 Å². The maximum Gasteiger partial charge on any atom is 0.0569 e. The number of fused-ring (bicyclic) bond motifs is 1. The van der Waals surface area contributed by atoms with Gasteiger partial charge in [0.15, 0.2) is 0 Å². The molecule has 1 amide bonds. The Morgan fingerprint density at radius 3 is 1.72 bits per heavy atom. The summed E-state index contributed by atoms with van der Waals surface area (Å²) in [6, 6.07) is 42.0. The fourth-order valence-corrected chi connectivity index (χ4v) is 14.9. The van der Waals surface area contributed by atoms with Crippen LogP contribution in [0.5, 0.6) is 0 Å². The summed E-state index contributed by atoms with van der Waals surface area (Å²) in [5.74, 6) is -0.0128. The van der Waals surface area contributed by atoms with Crippen molar-refractivity contribution in [1.29, 1.82) is 0 Å². The Morgan fingerprint density at radius 2 is 1.22 bits per heavy atom. The van der Waals surface area contributed by atoms with Crippen molar-refractivity contribution >= 4 is 114 Å². The van der Waals surface area contributed by atoms with Gasteiger partial charge in [0.25, 0.3) is 0 Å². The second-order valence-electron chi connectivity index (χ2n) is 12.0. The summed E-state index contributed by atoms with van der Waals surface area (Å²) in [5.41, 5.74) is 4.14. The van der Waals surface area contributed by atoms with E-state index in [1.807, 2.05) is 49.4 Å². The third kappa shape index (κ3) is 8.77. The minimum atomic E-state index is -3.23. The molecule has 6 rings (SSSR count). The van der Waals surface area contributed by atoms with Gasteiger partial charge in [-0.15, -0.1) is 0 Å². The molecule has 5 aromatic carbocycles. The molecule has 50 heavy (non-hydrogen) atoms. The molecule has 1 aromatic heterocycles. The first kappa shape index (κ1) is 40.3. The van der Waals surface area contributed by atoms with Crippen molar-refractivity contribution in [1.82, 2.24) is 4.98 Å². The molecule has 1 heterocycles. The van der Waals surface area contributed by atoms with E-state index in [0.717, 1.165) is 50.0 Å². The van der Waals surface area contributed by atoms with Crippen LogP contribution in [0.1, 0.15) is 51.8 Å². The zero-order valence-corrected chi connectivity index (χ0v) is 34.5. The predicted molar refractivity (Wildman–Crippen MR) is 232 cm³/mol. The summed E-state index contributed by atoms with van der Waals surface area (Å²) in [5, 5.41) is 6.07. The first-order valence-electron chi connectivity index (χ1n) is 16.2. The van der Waals surface area contributed by atoms with Gasteiger partial charge in [0.05, 0.1) is 5.02 Å². The van der Waals surface area contributed by atoms with Crippen LogP contribution in [0, 0.1) is 0 Å². The number of carbonyl (C=O) groups is 1. The smallest absolute Gasteiger partial charge is 0.0569 e. The third-order valence-electron chi connectivity index (χ3n) is 8.48. The van der Waals surface area contributed by atoms with Gasteiger partial charge in [-0.1, -0.05) is 32.4 Å². The van der Waals surface area contributed by atoms with Gasteiger partial charge < -0.3 is 4.98 Å². The van der Waals surface area contributed by atoms with Crippen LogP contribution in [0.2, 0.25) is 10.0 Å². The van der Waals surface area contributed by atoms with Crippen LogP contribution in [0.4, 0.5) is 5.69 Å². The number of nitrogens with one attached hydrogen (secondary N) is 2. The molecule has 9 heteroatoms. The summed E-state index contributed by atoms with van der Waals surface area (Å²) in [4.78, 5) is 16.0. The second-order valence-corrected chi connectivity index (χ2v) is 23.4. The van der Waals surface area contributed by atoms with Crippen LogP contribution in [-0.4, -0.2) is 10.9 Å². The van der Waals surface area contributed by atoms with E-state index in [-0.39, 0.29) is 13.3 Å². The normalized spacial score (nSPS) is 11.9. The molecule has 2 N–H and O–H groups in total. The first-order valence-corrected chi connectivity index (χ1v) is 23.0. The van der Waals surface area contributed by atoms with E-state index in [1.54, 1.807) is 0 Å². The summed E-state index contributed by atoms with van der Waals surface area (Å²) >= 11 is 24.1. The first-order chi connectivity index (χ1) is 23.6. The van der Waals surface area contributed by atoms with Gasteiger partial charge in [0, 0.05) is 21.1 Å². The summed E-state index contributed by atoms with van der Waals surface area (Å²) in [6.45, 7) is 4.18. The van der Waals surface area contributed by atoms with Crippen LogP contribution < -0.4 is 21.2 Å². The minimum absolute atomic E-state index is 0. The molecule has 0 radical (unpaired) electrons. The van der Waals surface area contributed by atoms with Gasteiger partial charge >= 0.3 is 230 Å². The molecule has 0 atom stereocenters. The second kappa shape index (κ2) is 17.9. The van der Waals surface area contributed by atoms with E-state index in [2.05, 4.69) is 143 Å². The van der Waals surface area contributed by atoms with Crippen molar-refractivity contribution in [3.05, 3.63) is 152 Å². The van der Waals surface area contributed by atoms with Gasteiger partial charge in [-0.05, 0) is 40.5 Å². The molecule has 0 saturated carbocycles. The number of anilines is 1. The van der Waals surface area contributed by atoms with Crippen molar-refractivity contribution in [3.8, 4) is 0 Å². The monoisotopic (exact) mass is 916 g/mol. The minimum Gasteiger partial charge on any atom is -0.358 e. The standard InChI is InChI=1S/C29H27Br2ClNOP.C11H11BrClN.CH4/c1-2-12-29(34)33-28-20-27(32)26(30)19-22(28)21-35(31,23-13-6-3-7-14-23,24-15-8-4-9-16-24)25-17-10-5-11-18-25;1-2-3-8-4-7-5-9(12)10(13)6-11(7)14-8;/h3-11,13-20H,2,12,21H2,1H3,(H,33,34);4-6,14H,2-3H2,1H3;1H4. The van der Waals surface area contributed by atoms with Crippen molar-refractivity contribution in [2.24, 2.45) is 0 Å². The zero-order chi connectivity index (χ0) is 35.0. The molecule has 0 unspecified atom stereocenters. The van der Waals surface area contributed by atoms with Crippen LogP contribution in [0.15, 0.2) is 130 Å². The van der Waals surface area contributed by atoms with Gasteiger partial charge in [-0.2, -0.15) is 0 Å². The number of carbonyl (C=O) groups excluding carboxylic acids is 1. The number of aryl methyl sites for hydroxylation is 1. The number of benzene rings is 5. The summed E-state index contributed by atoms with van der Waals surface area (Å²) in [7, 11) is 0.